The first-order valence-electron chi connectivity index (χ1n) is 6.61. The van der Waals surface area contributed by atoms with Gasteiger partial charge in [0.15, 0.2) is 0 Å². The summed E-state index contributed by atoms with van der Waals surface area (Å²) in [7, 11) is 0. The van der Waals surface area contributed by atoms with Crippen LogP contribution in [0.25, 0.3) is 5.88 Å². The maximum absolute atomic E-state index is 12.5. The van der Waals surface area contributed by atoms with Crippen molar-refractivity contribution in [3.05, 3.63) is 58.4 Å². The Bertz CT molecular complexity index is 952. The molecule has 0 bridgehead atoms. The highest BCUT2D eigenvalue weighted by Crippen LogP contribution is 2.28. The molecule has 3 heterocycles. The van der Waals surface area contributed by atoms with Crippen molar-refractivity contribution in [3.8, 4) is 18.0 Å². The van der Waals surface area contributed by atoms with Gasteiger partial charge in [-0.25, -0.2) is 0 Å². The molecular weight excluding hydrogens is 312 g/mol. The van der Waals surface area contributed by atoms with E-state index in [4.69, 9.17) is 9.68 Å². The summed E-state index contributed by atoms with van der Waals surface area (Å²) in [5.74, 6) is 0.171. The third-order valence-electron chi connectivity index (χ3n) is 3.26. The lowest BCUT2D eigenvalue weighted by atomic mass is 10.1. The molecule has 6 nitrogen and oxygen atoms in total. The molecule has 3 rings (SSSR count). The number of aryl methyl sites for hydroxylation is 1. The van der Waals surface area contributed by atoms with Gasteiger partial charge in [0.1, 0.15) is 34.0 Å². The third-order valence-corrected chi connectivity index (χ3v) is 4.09. The number of hydrogen-bond donors (Lipinski definition) is 1. The predicted octanol–water partition coefficient (Wildman–Crippen LogP) is 3.44. The number of furan rings is 1. The van der Waals surface area contributed by atoms with Gasteiger partial charge in [-0.15, -0.1) is 11.3 Å². The topological polar surface area (TPSA) is 94.8 Å². The minimum Gasteiger partial charge on any atom is -0.443 e. The minimum atomic E-state index is -0.472. The summed E-state index contributed by atoms with van der Waals surface area (Å²) < 4.78 is 7.23. The molecule has 0 aliphatic heterocycles. The van der Waals surface area contributed by atoms with Crippen LogP contribution in [0.5, 0.6) is 0 Å². The molecule has 0 aliphatic rings. The van der Waals surface area contributed by atoms with Crippen LogP contribution in [0, 0.1) is 29.6 Å². The van der Waals surface area contributed by atoms with Crippen molar-refractivity contribution < 1.29 is 9.21 Å². The van der Waals surface area contributed by atoms with Crippen LogP contribution in [0.4, 0.5) is 5.00 Å². The van der Waals surface area contributed by atoms with E-state index < -0.39 is 5.91 Å². The molecule has 0 atom stereocenters. The molecule has 0 saturated carbocycles. The van der Waals surface area contributed by atoms with E-state index in [0.717, 1.165) is 0 Å². The van der Waals surface area contributed by atoms with Crippen molar-refractivity contribution >= 4 is 22.2 Å². The van der Waals surface area contributed by atoms with E-state index in [0.29, 0.717) is 22.2 Å². The first-order chi connectivity index (χ1) is 11.2. The quantitative estimate of drug-likeness (QED) is 0.799. The van der Waals surface area contributed by atoms with Crippen LogP contribution in [0.2, 0.25) is 0 Å². The monoisotopic (exact) mass is 322 g/mol. The molecule has 1 amide bonds. The van der Waals surface area contributed by atoms with Crippen LogP contribution < -0.4 is 5.32 Å². The highest BCUT2D eigenvalue weighted by atomic mass is 32.1. The standard InChI is InChI=1S/C16H10N4O2S/c1-10-13(14(21)19-15-11(8-17)4-7-23-15)12(9-18)16(22-10)20-5-2-3-6-20/h2-7H,1H3,(H,19,21). The Morgan fingerprint density at radius 3 is 2.70 bits per heavy atom. The van der Waals surface area contributed by atoms with E-state index >= 15 is 0 Å². The molecule has 3 aromatic heterocycles. The number of thiophene rings is 1. The number of aromatic nitrogens is 1. The molecule has 0 aromatic carbocycles. The number of carbonyl (C=O) groups is 1. The van der Waals surface area contributed by atoms with Crippen molar-refractivity contribution in [3.63, 3.8) is 0 Å². The molecule has 0 saturated heterocycles. The summed E-state index contributed by atoms with van der Waals surface area (Å²) in [6.45, 7) is 1.63. The Morgan fingerprint density at radius 2 is 2.04 bits per heavy atom. The Morgan fingerprint density at radius 1 is 1.30 bits per heavy atom. The fourth-order valence-electron chi connectivity index (χ4n) is 2.22. The normalized spacial score (nSPS) is 10.0. The molecule has 3 aromatic rings. The fourth-order valence-corrected chi connectivity index (χ4v) is 2.95. The number of nitrogens with zero attached hydrogens (tertiary/aromatic N) is 3. The minimum absolute atomic E-state index is 0.159. The van der Waals surface area contributed by atoms with Gasteiger partial charge in [0.25, 0.3) is 5.91 Å². The summed E-state index contributed by atoms with van der Waals surface area (Å²) in [4.78, 5) is 12.5. The lowest BCUT2D eigenvalue weighted by Gasteiger charge is -2.02. The molecular formula is C16H10N4O2S. The van der Waals surface area contributed by atoms with Gasteiger partial charge in [-0.3, -0.25) is 9.36 Å². The van der Waals surface area contributed by atoms with Crippen molar-refractivity contribution in [2.24, 2.45) is 0 Å². The van der Waals surface area contributed by atoms with E-state index in [1.165, 1.54) is 11.3 Å². The van der Waals surface area contributed by atoms with Gasteiger partial charge in [-0.1, -0.05) is 0 Å². The Balaban J connectivity index is 2.02. The molecule has 0 unspecified atom stereocenters. The number of carbonyl (C=O) groups excluding carboxylic acids is 1. The predicted molar refractivity (Wildman–Crippen MR) is 84.5 cm³/mol. The fraction of sp³-hybridized carbons (Fsp3) is 0.0625. The van der Waals surface area contributed by atoms with E-state index in [2.05, 4.69) is 5.32 Å². The number of hydrogen-bond acceptors (Lipinski definition) is 5. The van der Waals surface area contributed by atoms with Crippen LogP contribution >= 0.6 is 11.3 Å². The van der Waals surface area contributed by atoms with Gasteiger partial charge < -0.3 is 9.73 Å². The second-order valence-electron chi connectivity index (χ2n) is 4.64. The zero-order chi connectivity index (χ0) is 16.4. The van der Waals surface area contributed by atoms with Crippen molar-refractivity contribution in [1.82, 2.24) is 4.57 Å². The molecule has 0 radical (unpaired) electrons. The number of nitrogens with one attached hydrogen (secondary N) is 1. The number of rotatable bonds is 3. The number of amides is 1. The highest BCUT2D eigenvalue weighted by molar-refractivity contribution is 7.14. The van der Waals surface area contributed by atoms with Crippen LogP contribution in [-0.2, 0) is 0 Å². The van der Waals surface area contributed by atoms with Crippen LogP contribution in [0.15, 0.2) is 40.4 Å². The van der Waals surface area contributed by atoms with Crippen LogP contribution in [0.1, 0.15) is 27.2 Å². The SMILES string of the molecule is Cc1oc(-n2cccc2)c(C#N)c1C(=O)Nc1sccc1C#N. The van der Waals surface area contributed by atoms with Crippen molar-refractivity contribution in [2.45, 2.75) is 6.92 Å². The molecule has 0 fully saturated rings. The third kappa shape index (κ3) is 2.50. The molecule has 0 spiro atoms. The summed E-state index contributed by atoms with van der Waals surface area (Å²) in [5.41, 5.74) is 0.716. The summed E-state index contributed by atoms with van der Waals surface area (Å²) in [6, 6.07) is 9.25. The zero-order valence-electron chi connectivity index (χ0n) is 12.0. The maximum atomic E-state index is 12.5. The smallest absolute Gasteiger partial charge is 0.261 e. The maximum Gasteiger partial charge on any atom is 0.261 e. The van der Waals surface area contributed by atoms with Gasteiger partial charge in [-0.2, -0.15) is 10.5 Å². The average Bonchev–Trinajstić information content (AvgIpc) is 3.25. The largest absolute Gasteiger partial charge is 0.443 e. The second-order valence-corrected chi connectivity index (χ2v) is 5.56. The lowest BCUT2D eigenvalue weighted by molar-refractivity contribution is 0.102. The second kappa shape index (κ2) is 5.84. The van der Waals surface area contributed by atoms with Gasteiger partial charge >= 0.3 is 0 Å². The molecule has 112 valence electrons. The summed E-state index contributed by atoms with van der Waals surface area (Å²) in [6.07, 6.45) is 3.46. The van der Waals surface area contributed by atoms with E-state index in [-0.39, 0.29) is 11.1 Å². The molecule has 23 heavy (non-hydrogen) atoms. The molecule has 7 heteroatoms. The van der Waals surface area contributed by atoms with Crippen LogP contribution in [0.3, 0.4) is 0 Å². The van der Waals surface area contributed by atoms with Gasteiger partial charge in [0.2, 0.25) is 5.88 Å². The zero-order valence-corrected chi connectivity index (χ0v) is 12.8. The Labute approximate surface area is 135 Å². The highest BCUT2D eigenvalue weighted by Gasteiger charge is 2.25. The summed E-state index contributed by atoms with van der Waals surface area (Å²) in [5, 5.41) is 23.3. The first-order valence-corrected chi connectivity index (χ1v) is 7.49. The van der Waals surface area contributed by atoms with E-state index in [1.54, 1.807) is 47.5 Å². The molecule has 1 N–H and O–H groups in total. The first kappa shape index (κ1) is 14.6. The van der Waals surface area contributed by atoms with E-state index in [9.17, 15) is 10.1 Å². The van der Waals surface area contributed by atoms with E-state index in [1.807, 2.05) is 12.1 Å². The van der Waals surface area contributed by atoms with Crippen molar-refractivity contribution in [2.75, 3.05) is 5.32 Å². The Hall–Kier alpha value is -3.29. The van der Waals surface area contributed by atoms with Crippen LogP contribution in [-0.4, -0.2) is 10.5 Å². The average molecular weight is 322 g/mol. The van der Waals surface area contributed by atoms with Gasteiger partial charge in [0, 0.05) is 12.4 Å². The van der Waals surface area contributed by atoms with Gasteiger partial charge in [-0.05, 0) is 30.5 Å². The Kier molecular flexibility index (Phi) is 3.71. The van der Waals surface area contributed by atoms with Crippen molar-refractivity contribution in [1.29, 1.82) is 10.5 Å². The lowest BCUT2D eigenvalue weighted by Crippen LogP contribution is -2.13. The summed E-state index contributed by atoms with van der Waals surface area (Å²) >= 11 is 1.25. The number of anilines is 1. The molecule has 0 aliphatic carbocycles. The number of nitriles is 2. The van der Waals surface area contributed by atoms with Gasteiger partial charge in [0.05, 0.1) is 5.56 Å².